The van der Waals surface area contributed by atoms with E-state index in [9.17, 15) is 0 Å². The molecule has 2 rings (SSSR count). The second kappa shape index (κ2) is 1.84. The fourth-order valence-electron chi connectivity index (χ4n) is 1.85. The lowest BCUT2D eigenvalue weighted by Gasteiger charge is -1.96. The summed E-state index contributed by atoms with van der Waals surface area (Å²) in [5.74, 6) is 1.66. The van der Waals surface area contributed by atoms with Gasteiger partial charge < -0.3 is 4.74 Å². The standard InChI is InChI=1S/C8H12O/c1-9-8-6-4-2-3-5-7(6)8/h2,4,6-8H,3,5H2,1H3/t6-,7+,8+/m0/s1. The van der Waals surface area contributed by atoms with Crippen molar-refractivity contribution in [3.05, 3.63) is 12.2 Å². The fourth-order valence-corrected chi connectivity index (χ4v) is 1.85. The molecule has 2 aliphatic carbocycles. The molecule has 0 aromatic carbocycles. The molecule has 3 atom stereocenters. The summed E-state index contributed by atoms with van der Waals surface area (Å²) in [6.45, 7) is 0. The van der Waals surface area contributed by atoms with Gasteiger partial charge in [-0.25, -0.2) is 0 Å². The zero-order valence-electron chi connectivity index (χ0n) is 5.71. The normalized spacial score (nSPS) is 46.6. The first-order valence-electron chi connectivity index (χ1n) is 3.63. The SMILES string of the molecule is CO[C@@H]1[C@H]2C=CCC[C@H]21. The third-order valence-electron chi connectivity index (χ3n) is 2.45. The number of methoxy groups -OCH3 is 1. The Bertz CT molecular complexity index is 136. The summed E-state index contributed by atoms with van der Waals surface area (Å²) in [4.78, 5) is 0. The largest absolute Gasteiger partial charge is 0.381 e. The minimum Gasteiger partial charge on any atom is -0.381 e. The minimum atomic E-state index is 0.573. The van der Waals surface area contributed by atoms with Crippen molar-refractivity contribution in [3.8, 4) is 0 Å². The van der Waals surface area contributed by atoms with Gasteiger partial charge in [-0.3, -0.25) is 0 Å². The van der Waals surface area contributed by atoms with Crippen molar-refractivity contribution in [2.75, 3.05) is 7.11 Å². The highest BCUT2D eigenvalue weighted by atomic mass is 16.5. The van der Waals surface area contributed by atoms with Crippen LogP contribution in [0, 0.1) is 11.8 Å². The molecule has 0 aliphatic heterocycles. The molecule has 0 heterocycles. The topological polar surface area (TPSA) is 9.23 Å². The molecule has 1 nitrogen and oxygen atoms in total. The maximum atomic E-state index is 5.26. The molecule has 1 fully saturated rings. The Kier molecular flexibility index (Phi) is 1.12. The molecule has 1 heteroatoms. The zero-order chi connectivity index (χ0) is 6.27. The van der Waals surface area contributed by atoms with E-state index < -0.39 is 0 Å². The van der Waals surface area contributed by atoms with Gasteiger partial charge in [0, 0.05) is 13.0 Å². The van der Waals surface area contributed by atoms with Crippen molar-refractivity contribution in [1.29, 1.82) is 0 Å². The summed E-state index contributed by atoms with van der Waals surface area (Å²) < 4.78 is 5.26. The van der Waals surface area contributed by atoms with Crippen LogP contribution >= 0.6 is 0 Å². The molecule has 0 amide bonds. The van der Waals surface area contributed by atoms with E-state index in [-0.39, 0.29) is 0 Å². The van der Waals surface area contributed by atoms with Crippen LogP contribution in [-0.2, 0) is 4.74 Å². The molecule has 0 saturated heterocycles. The molecule has 0 bridgehead atoms. The molecule has 0 spiro atoms. The van der Waals surface area contributed by atoms with Gasteiger partial charge in [-0.05, 0) is 18.8 Å². The zero-order valence-corrected chi connectivity index (χ0v) is 5.71. The van der Waals surface area contributed by atoms with Crippen molar-refractivity contribution < 1.29 is 4.74 Å². The minimum absolute atomic E-state index is 0.573. The van der Waals surface area contributed by atoms with Crippen LogP contribution in [0.2, 0.25) is 0 Å². The molecule has 0 aromatic heterocycles. The summed E-state index contributed by atoms with van der Waals surface area (Å²) in [6.07, 6.45) is 7.77. The Balaban J connectivity index is 2.02. The van der Waals surface area contributed by atoms with Crippen LogP contribution in [0.15, 0.2) is 12.2 Å². The first-order chi connectivity index (χ1) is 4.43. The second-order valence-corrected chi connectivity index (χ2v) is 2.95. The molecular weight excluding hydrogens is 112 g/mol. The van der Waals surface area contributed by atoms with Crippen molar-refractivity contribution in [3.63, 3.8) is 0 Å². The fraction of sp³-hybridized carbons (Fsp3) is 0.750. The maximum Gasteiger partial charge on any atom is 0.0672 e. The van der Waals surface area contributed by atoms with Crippen molar-refractivity contribution >= 4 is 0 Å². The number of ether oxygens (including phenoxy) is 1. The Labute approximate surface area is 55.7 Å². The van der Waals surface area contributed by atoms with Crippen LogP contribution in [0.1, 0.15) is 12.8 Å². The van der Waals surface area contributed by atoms with Gasteiger partial charge in [0.2, 0.25) is 0 Å². The first-order valence-corrected chi connectivity index (χ1v) is 3.63. The molecule has 50 valence electrons. The molecule has 9 heavy (non-hydrogen) atoms. The number of rotatable bonds is 1. The molecule has 0 N–H and O–H groups in total. The Morgan fingerprint density at radius 1 is 1.56 bits per heavy atom. The van der Waals surface area contributed by atoms with E-state index in [4.69, 9.17) is 4.74 Å². The highest BCUT2D eigenvalue weighted by Gasteiger charge is 2.49. The monoisotopic (exact) mass is 124 g/mol. The van der Waals surface area contributed by atoms with Crippen LogP contribution in [0.3, 0.4) is 0 Å². The molecule has 0 aromatic rings. The molecule has 0 unspecified atom stereocenters. The number of fused-ring (bicyclic) bond motifs is 1. The predicted molar refractivity (Wildman–Crippen MR) is 36.2 cm³/mol. The molecular formula is C8H12O. The van der Waals surface area contributed by atoms with Gasteiger partial charge in [0.25, 0.3) is 0 Å². The molecule has 1 saturated carbocycles. The third-order valence-corrected chi connectivity index (χ3v) is 2.45. The van der Waals surface area contributed by atoms with Crippen molar-refractivity contribution in [2.24, 2.45) is 11.8 Å². The van der Waals surface area contributed by atoms with E-state index in [2.05, 4.69) is 12.2 Å². The Hall–Kier alpha value is -0.300. The van der Waals surface area contributed by atoms with E-state index in [0.29, 0.717) is 6.10 Å². The summed E-state index contributed by atoms with van der Waals surface area (Å²) in [5, 5.41) is 0. The van der Waals surface area contributed by atoms with Crippen LogP contribution in [-0.4, -0.2) is 13.2 Å². The summed E-state index contributed by atoms with van der Waals surface area (Å²) >= 11 is 0. The van der Waals surface area contributed by atoms with Gasteiger partial charge in [-0.15, -0.1) is 0 Å². The van der Waals surface area contributed by atoms with E-state index >= 15 is 0 Å². The van der Waals surface area contributed by atoms with Gasteiger partial charge in [-0.2, -0.15) is 0 Å². The third kappa shape index (κ3) is 0.715. The number of allylic oxidation sites excluding steroid dienone is 1. The molecule has 2 aliphatic rings. The van der Waals surface area contributed by atoms with Gasteiger partial charge in [0.05, 0.1) is 6.10 Å². The number of hydrogen-bond acceptors (Lipinski definition) is 1. The maximum absolute atomic E-state index is 5.26. The van der Waals surface area contributed by atoms with E-state index in [0.717, 1.165) is 11.8 Å². The van der Waals surface area contributed by atoms with Crippen LogP contribution in [0.4, 0.5) is 0 Å². The van der Waals surface area contributed by atoms with Crippen molar-refractivity contribution in [2.45, 2.75) is 18.9 Å². The lowest BCUT2D eigenvalue weighted by Crippen LogP contribution is -1.89. The quantitative estimate of drug-likeness (QED) is 0.482. The highest BCUT2D eigenvalue weighted by molar-refractivity contribution is 5.13. The average molecular weight is 124 g/mol. The smallest absolute Gasteiger partial charge is 0.0672 e. The highest BCUT2D eigenvalue weighted by Crippen LogP contribution is 2.48. The van der Waals surface area contributed by atoms with Gasteiger partial charge in [0.15, 0.2) is 0 Å². The summed E-state index contributed by atoms with van der Waals surface area (Å²) in [5.41, 5.74) is 0. The average Bonchev–Trinajstić information content (AvgIpc) is 2.60. The lowest BCUT2D eigenvalue weighted by atomic mass is 10.1. The lowest BCUT2D eigenvalue weighted by molar-refractivity contribution is 0.163. The van der Waals surface area contributed by atoms with Crippen LogP contribution in [0.25, 0.3) is 0 Å². The van der Waals surface area contributed by atoms with E-state index in [1.165, 1.54) is 12.8 Å². The van der Waals surface area contributed by atoms with Crippen LogP contribution in [0.5, 0.6) is 0 Å². The summed E-state index contributed by atoms with van der Waals surface area (Å²) in [6, 6.07) is 0. The van der Waals surface area contributed by atoms with Gasteiger partial charge >= 0.3 is 0 Å². The molecule has 0 radical (unpaired) electrons. The van der Waals surface area contributed by atoms with Crippen molar-refractivity contribution in [1.82, 2.24) is 0 Å². The number of hydrogen-bond donors (Lipinski definition) is 0. The van der Waals surface area contributed by atoms with E-state index in [1.54, 1.807) is 0 Å². The predicted octanol–water partition coefficient (Wildman–Crippen LogP) is 1.60. The van der Waals surface area contributed by atoms with E-state index in [1.807, 2.05) is 7.11 Å². The Morgan fingerprint density at radius 3 is 3.00 bits per heavy atom. The Morgan fingerprint density at radius 2 is 2.44 bits per heavy atom. The van der Waals surface area contributed by atoms with Gasteiger partial charge in [-0.1, -0.05) is 12.2 Å². The second-order valence-electron chi connectivity index (χ2n) is 2.95. The summed E-state index contributed by atoms with van der Waals surface area (Å²) in [7, 11) is 1.82. The van der Waals surface area contributed by atoms with Gasteiger partial charge in [0.1, 0.15) is 0 Å². The first kappa shape index (κ1) is 5.48. The van der Waals surface area contributed by atoms with Crippen LogP contribution < -0.4 is 0 Å².